The maximum absolute atomic E-state index is 5.33. The fourth-order valence-electron chi connectivity index (χ4n) is 3.29. The summed E-state index contributed by atoms with van der Waals surface area (Å²) in [4.78, 5) is 11.3. The van der Waals surface area contributed by atoms with Gasteiger partial charge >= 0.3 is 0 Å². The van der Waals surface area contributed by atoms with E-state index in [1.165, 1.54) is 18.4 Å². The van der Waals surface area contributed by atoms with Crippen LogP contribution in [0.4, 0.5) is 0 Å². The van der Waals surface area contributed by atoms with Gasteiger partial charge in [-0.3, -0.25) is 4.90 Å². The normalized spacial score (nSPS) is 18.0. The van der Waals surface area contributed by atoms with E-state index in [9.17, 15) is 0 Å². The number of rotatable bonds is 8. The molecule has 2 heterocycles. The first-order valence-corrected chi connectivity index (χ1v) is 10.3. The number of nitrogens with zero attached hydrogens (tertiary/aromatic N) is 3. The summed E-state index contributed by atoms with van der Waals surface area (Å²) in [5.74, 6) is 1.93. The number of hydrogen-bond donors (Lipinski definition) is 1. The zero-order valence-electron chi connectivity index (χ0n) is 15.6. The summed E-state index contributed by atoms with van der Waals surface area (Å²) in [6, 6.07) is 8.88. The minimum Gasteiger partial charge on any atom is -0.497 e. The lowest BCUT2D eigenvalue weighted by Gasteiger charge is -2.33. The van der Waals surface area contributed by atoms with Crippen molar-refractivity contribution in [2.24, 2.45) is 0 Å². The standard InChI is InChI=1S/C20H28N4OS/c1-3-26-20-22-12-17(13-23-20)11-21-18-7-5-9-24(15-18)14-16-6-4-8-19(10-16)25-2/h4,6,8,10,12-13,18,21H,3,5,7,9,11,14-15H2,1-2H3/t18-/m0/s1. The summed E-state index contributed by atoms with van der Waals surface area (Å²) in [5.41, 5.74) is 2.46. The van der Waals surface area contributed by atoms with E-state index in [1.807, 2.05) is 18.5 Å². The summed E-state index contributed by atoms with van der Waals surface area (Å²) in [5, 5.41) is 4.53. The zero-order valence-corrected chi connectivity index (χ0v) is 16.5. The van der Waals surface area contributed by atoms with Crippen LogP contribution in [-0.4, -0.2) is 46.9 Å². The van der Waals surface area contributed by atoms with Crippen molar-refractivity contribution in [2.75, 3.05) is 26.0 Å². The van der Waals surface area contributed by atoms with Gasteiger partial charge in [-0.25, -0.2) is 9.97 Å². The van der Waals surface area contributed by atoms with Crippen LogP contribution < -0.4 is 10.1 Å². The molecular weight excluding hydrogens is 344 g/mol. The van der Waals surface area contributed by atoms with E-state index in [0.717, 1.165) is 48.4 Å². The minimum absolute atomic E-state index is 0.513. The third-order valence-electron chi connectivity index (χ3n) is 4.60. The Labute approximate surface area is 160 Å². The Morgan fingerprint density at radius 3 is 2.88 bits per heavy atom. The predicted molar refractivity (Wildman–Crippen MR) is 107 cm³/mol. The molecular formula is C20H28N4OS. The molecule has 0 saturated carbocycles. The Kier molecular flexibility index (Phi) is 7.29. The number of aromatic nitrogens is 2. The van der Waals surface area contributed by atoms with Gasteiger partial charge in [-0.05, 0) is 42.8 Å². The average Bonchev–Trinajstić information content (AvgIpc) is 2.68. The third-order valence-corrected chi connectivity index (χ3v) is 5.35. The van der Waals surface area contributed by atoms with Crippen LogP contribution >= 0.6 is 11.8 Å². The van der Waals surface area contributed by atoms with Gasteiger partial charge in [0, 0.05) is 43.6 Å². The van der Waals surface area contributed by atoms with E-state index in [1.54, 1.807) is 18.9 Å². The van der Waals surface area contributed by atoms with Crippen LogP contribution in [0.1, 0.15) is 30.9 Å². The van der Waals surface area contributed by atoms with Crippen LogP contribution in [-0.2, 0) is 13.1 Å². The summed E-state index contributed by atoms with van der Waals surface area (Å²) in [7, 11) is 1.72. The van der Waals surface area contributed by atoms with Crippen LogP contribution in [0.25, 0.3) is 0 Å². The largest absolute Gasteiger partial charge is 0.497 e. The number of ether oxygens (including phenoxy) is 1. The second-order valence-corrected chi connectivity index (χ2v) is 7.84. The topological polar surface area (TPSA) is 50.3 Å². The molecule has 5 nitrogen and oxygen atoms in total. The molecule has 26 heavy (non-hydrogen) atoms. The Bertz CT molecular complexity index is 680. The van der Waals surface area contributed by atoms with Gasteiger partial charge in [0.05, 0.1) is 7.11 Å². The Morgan fingerprint density at radius 1 is 1.27 bits per heavy atom. The maximum Gasteiger partial charge on any atom is 0.187 e. The first-order chi connectivity index (χ1) is 12.8. The Morgan fingerprint density at radius 2 is 2.12 bits per heavy atom. The van der Waals surface area contributed by atoms with Crippen LogP contribution in [0, 0.1) is 0 Å². The predicted octanol–water partition coefficient (Wildman–Crippen LogP) is 3.35. The molecule has 6 heteroatoms. The van der Waals surface area contributed by atoms with Gasteiger partial charge in [0.1, 0.15) is 5.75 Å². The number of methoxy groups -OCH3 is 1. The van der Waals surface area contributed by atoms with Crippen molar-refractivity contribution in [3.8, 4) is 5.75 Å². The quantitative estimate of drug-likeness (QED) is 0.566. The highest BCUT2D eigenvalue weighted by molar-refractivity contribution is 7.99. The van der Waals surface area contributed by atoms with Crippen LogP contribution in [0.15, 0.2) is 41.8 Å². The molecule has 1 aromatic carbocycles. The fraction of sp³-hybridized carbons (Fsp3) is 0.500. The summed E-state index contributed by atoms with van der Waals surface area (Å²) >= 11 is 1.68. The number of thioether (sulfide) groups is 1. The highest BCUT2D eigenvalue weighted by atomic mass is 32.2. The molecule has 0 unspecified atom stereocenters. The second kappa shape index (κ2) is 9.90. The number of nitrogens with one attached hydrogen (secondary N) is 1. The van der Waals surface area contributed by atoms with Crippen LogP contribution in [0.5, 0.6) is 5.75 Å². The number of benzene rings is 1. The lowest BCUT2D eigenvalue weighted by molar-refractivity contribution is 0.182. The lowest BCUT2D eigenvalue weighted by Crippen LogP contribution is -2.45. The van der Waals surface area contributed by atoms with Crippen molar-refractivity contribution in [3.63, 3.8) is 0 Å². The number of piperidine rings is 1. The number of likely N-dealkylation sites (tertiary alicyclic amines) is 1. The van der Waals surface area contributed by atoms with Gasteiger partial charge in [-0.15, -0.1) is 0 Å². The molecule has 0 bridgehead atoms. The summed E-state index contributed by atoms with van der Waals surface area (Å²) < 4.78 is 5.33. The second-order valence-electron chi connectivity index (χ2n) is 6.61. The molecule has 140 valence electrons. The van der Waals surface area contributed by atoms with E-state index < -0.39 is 0 Å². The average molecular weight is 373 g/mol. The number of hydrogen-bond acceptors (Lipinski definition) is 6. The van der Waals surface area contributed by atoms with E-state index in [0.29, 0.717) is 6.04 Å². The Balaban J connectivity index is 1.48. The van der Waals surface area contributed by atoms with E-state index in [-0.39, 0.29) is 0 Å². The molecule has 1 N–H and O–H groups in total. The highest BCUT2D eigenvalue weighted by Crippen LogP contribution is 2.18. The summed E-state index contributed by atoms with van der Waals surface area (Å²) in [6.45, 7) is 6.14. The SMILES string of the molecule is CCSc1ncc(CN[C@H]2CCCN(Cc3cccc(OC)c3)C2)cn1. The first-order valence-electron chi connectivity index (χ1n) is 9.29. The van der Waals surface area contributed by atoms with E-state index in [4.69, 9.17) is 4.74 Å². The summed E-state index contributed by atoms with van der Waals surface area (Å²) in [6.07, 6.45) is 6.33. The molecule has 0 amide bonds. The van der Waals surface area contributed by atoms with Gasteiger partial charge in [0.25, 0.3) is 0 Å². The molecule has 0 spiro atoms. The molecule has 1 aliphatic rings. The van der Waals surface area contributed by atoms with Gasteiger partial charge in [-0.1, -0.05) is 30.8 Å². The van der Waals surface area contributed by atoms with Crippen molar-refractivity contribution in [1.82, 2.24) is 20.2 Å². The maximum atomic E-state index is 5.33. The van der Waals surface area contributed by atoms with E-state index in [2.05, 4.69) is 45.3 Å². The fourth-order valence-corrected chi connectivity index (χ4v) is 3.81. The van der Waals surface area contributed by atoms with Gasteiger partial charge in [0.15, 0.2) is 5.16 Å². The molecule has 0 aliphatic carbocycles. The first kappa shape index (κ1) is 19.1. The molecule has 1 aromatic heterocycles. The van der Waals surface area contributed by atoms with E-state index >= 15 is 0 Å². The van der Waals surface area contributed by atoms with Crippen molar-refractivity contribution in [2.45, 2.75) is 44.1 Å². The van der Waals surface area contributed by atoms with Gasteiger partial charge < -0.3 is 10.1 Å². The van der Waals surface area contributed by atoms with Crippen molar-refractivity contribution in [3.05, 3.63) is 47.8 Å². The minimum atomic E-state index is 0.513. The molecule has 1 fully saturated rings. The van der Waals surface area contributed by atoms with Crippen LogP contribution in [0.3, 0.4) is 0 Å². The third kappa shape index (κ3) is 5.69. The molecule has 3 rings (SSSR count). The molecule has 0 radical (unpaired) electrons. The highest BCUT2D eigenvalue weighted by Gasteiger charge is 2.19. The van der Waals surface area contributed by atoms with Crippen molar-refractivity contribution < 1.29 is 4.74 Å². The van der Waals surface area contributed by atoms with Gasteiger partial charge in [-0.2, -0.15) is 0 Å². The monoisotopic (exact) mass is 372 g/mol. The van der Waals surface area contributed by atoms with Crippen molar-refractivity contribution in [1.29, 1.82) is 0 Å². The Hall–Kier alpha value is -1.63. The molecule has 2 aromatic rings. The smallest absolute Gasteiger partial charge is 0.187 e. The van der Waals surface area contributed by atoms with Crippen molar-refractivity contribution >= 4 is 11.8 Å². The molecule has 1 aliphatic heterocycles. The van der Waals surface area contributed by atoms with Gasteiger partial charge in [0.2, 0.25) is 0 Å². The lowest BCUT2D eigenvalue weighted by atomic mass is 10.0. The molecule has 1 saturated heterocycles. The zero-order chi connectivity index (χ0) is 18.2. The van der Waals surface area contributed by atoms with Crippen LogP contribution in [0.2, 0.25) is 0 Å². The molecule has 1 atom stereocenters.